The summed E-state index contributed by atoms with van der Waals surface area (Å²) in [5, 5.41) is 20.7. The van der Waals surface area contributed by atoms with Gasteiger partial charge in [-0.05, 0) is 116 Å². The van der Waals surface area contributed by atoms with Crippen LogP contribution in [0.2, 0.25) is 0 Å². The second kappa shape index (κ2) is 83.1. The first-order valence-electron chi connectivity index (χ1n) is 43.5. The molecule has 4 N–H and O–H groups in total. The Hall–Kier alpha value is -4.31. The first-order valence-corrected chi connectivity index (χ1v) is 46.5. The minimum absolute atomic E-state index is 0.106. The van der Waals surface area contributed by atoms with Gasteiger partial charge in [-0.15, -0.1) is 0 Å². The lowest BCUT2D eigenvalue weighted by Crippen LogP contribution is -2.30. The molecule has 0 aliphatic rings. The van der Waals surface area contributed by atoms with Crippen LogP contribution >= 0.6 is 15.6 Å². The third-order valence-electron chi connectivity index (χ3n) is 18.4. The Kier molecular flexibility index (Phi) is 79.8. The summed E-state index contributed by atoms with van der Waals surface area (Å²) in [7, 11) is -9.79. The van der Waals surface area contributed by atoms with Crippen LogP contribution in [0.1, 0.15) is 367 Å². The van der Waals surface area contributed by atoms with E-state index in [2.05, 4.69) is 154 Å². The first-order chi connectivity index (χ1) is 53.2. The van der Waals surface area contributed by atoms with Gasteiger partial charge in [-0.25, -0.2) is 9.13 Å². The monoisotopic (exact) mass is 1570 g/mol. The highest BCUT2D eigenvalue weighted by Crippen LogP contribution is 2.45. The topological polar surface area (TPSA) is 231 Å². The van der Waals surface area contributed by atoms with Crippen LogP contribution in [-0.4, -0.2) is 95.9 Å². The number of esters is 3. The van der Waals surface area contributed by atoms with Gasteiger partial charge in [0.2, 0.25) is 0 Å². The SMILES string of the molecule is CC/C=C\C/C=C\C/C=C\C/C=C\C/C=C\C/C=C\CCCCCCCCCCCCCCCCC(=O)OCC(O)COP(=O)(O)OCC(O)COP(=O)(O)OCC(COC(=O)CCCCCCCCCCC/C=C\C/C=C\C/C=C\C/C=C\C/C=C\CC)OC(=O)CCCCCCCCCCCCCCCCC. The summed E-state index contributed by atoms with van der Waals surface area (Å²) >= 11 is 0. The van der Waals surface area contributed by atoms with Gasteiger partial charge >= 0.3 is 33.6 Å². The fourth-order valence-corrected chi connectivity index (χ4v) is 13.4. The summed E-state index contributed by atoms with van der Waals surface area (Å²) in [5.74, 6) is -1.57. The van der Waals surface area contributed by atoms with E-state index >= 15 is 0 Å². The summed E-state index contributed by atoms with van der Waals surface area (Å²) in [6, 6.07) is 0. The second-order valence-corrected chi connectivity index (χ2v) is 31.8. The fourth-order valence-electron chi connectivity index (χ4n) is 11.8. The molecule has 0 aliphatic heterocycles. The van der Waals surface area contributed by atoms with Gasteiger partial charge in [0, 0.05) is 19.3 Å². The molecule has 18 heteroatoms. The second-order valence-electron chi connectivity index (χ2n) is 28.9. The minimum Gasteiger partial charge on any atom is -0.463 e. The van der Waals surface area contributed by atoms with Crippen LogP contribution in [0.15, 0.2) is 134 Å². The van der Waals surface area contributed by atoms with Crippen molar-refractivity contribution in [2.24, 2.45) is 0 Å². The number of hydrogen-bond donors (Lipinski definition) is 4. The molecule has 0 heterocycles. The summed E-state index contributed by atoms with van der Waals surface area (Å²) in [4.78, 5) is 58.8. The Balaban J connectivity index is 4.47. The van der Waals surface area contributed by atoms with Crippen LogP contribution in [0.3, 0.4) is 0 Å². The minimum atomic E-state index is -4.93. The van der Waals surface area contributed by atoms with Gasteiger partial charge in [-0.2, -0.15) is 0 Å². The first kappa shape index (κ1) is 105. The van der Waals surface area contributed by atoms with Crippen molar-refractivity contribution in [3.8, 4) is 0 Å². The van der Waals surface area contributed by atoms with Crippen LogP contribution in [0.4, 0.5) is 0 Å². The van der Waals surface area contributed by atoms with Gasteiger partial charge < -0.3 is 34.2 Å². The highest BCUT2D eigenvalue weighted by atomic mass is 31.2. The molecule has 0 saturated carbocycles. The molecule has 109 heavy (non-hydrogen) atoms. The number of hydrogen-bond acceptors (Lipinski definition) is 14. The molecule has 0 rings (SSSR count). The van der Waals surface area contributed by atoms with Gasteiger partial charge in [0.05, 0.1) is 26.4 Å². The lowest BCUT2D eigenvalue weighted by atomic mass is 10.0. The molecule has 628 valence electrons. The standard InChI is InChI=1S/C91H158O16P2/c1-4-7-10-13-16-19-22-25-28-30-32-34-36-38-39-40-41-42-43-44-45-47-49-50-52-54-57-59-62-65-68-71-74-77-89(94)101-80-86(92)81-103-108(97,98)104-82-87(93)83-105-109(99,100)106-85-88(107-91(96)79-76-73-70-67-64-61-56-27-24-21-18-15-12-9-6-3)84-102-90(95)78-75-72-69-66-63-60-58-55-53-51-48-46-37-35-33-31-29-26-23-20-17-14-11-8-5-2/h7-8,10-11,16-17,19-20,25-26,28-29,32-35,38-39,41-42,46,48,86-88,92-93H,4-6,9,12-15,18,21-24,27,30-31,36-37,40,43-45,47,49-85H2,1-3H3,(H,97,98)(H,99,100)/b10-7-,11-8-,19-16-,20-17-,28-25-,29-26-,34-32-,35-33-,39-38-,42-41-,48-46-. The van der Waals surface area contributed by atoms with Crippen LogP contribution in [0, 0.1) is 0 Å². The molecule has 0 aromatic heterocycles. The lowest BCUT2D eigenvalue weighted by molar-refractivity contribution is -0.161. The van der Waals surface area contributed by atoms with E-state index in [-0.39, 0.29) is 19.3 Å². The van der Waals surface area contributed by atoms with Crippen molar-refractivity contribution in [1.82, 2.24) is 0 Å². The molecule has 0 aliphatic carbocycles. The molecule has 0 spiro atoms. The molecule has 0 aromatic carbocycles. The summed E-state index contributed by atoms with van der Waals surface area (Å²) in [6.45, 7) is 2.50. The molecule has 0 amide bonds. The van der Waals surface area contributed by atoms with Crippen molar-refractivity contribution in [2.45, 2.75) is 386 Å². The van der Waals surface area contributed by atoms with Gasteiger partial charge in [-0.3, -0.25) is 32.5 Å². The van der Waals surface area contributed by atoms with Crippen molar-refractivity contribution in [3.05, 3.63) is 134 Å². The maximum Gasteiger partial charge on any atom is 0.472 e. The van der Waals surface area contributed by atoms with E-state index in [1.165, 1.54) is 154 Å². The van der Waals surface area contributed by atoms with E-state index in [1.807, 2.05) is 0 Å². The van der Waals surface area contributed by atoms with Crippen molar-refractivity contribution in [1.29, 1.82) is 0 Å². The molecular weight excluding hydrogens is 1410 g/mol. The highest BCUT2D eigenvalue weighted by Gasteiger charge is 2.29. The van der Waals surface area contributed by atoms with Gasteiger partial charge in [0.25, 0.3) is 0 Å². The maximum atomic E-state index is 13.0. The number of unbranched alkanes of at least 4 members (excludes halogenated alkanes) is 37. The van der Waals surface area contributed by atoms with Gasteiger partial charge in [0.15, 0.2) is 6.10 Å². The Labute approximate surface area is 665 Å². The predicted molar refractivity (Wildman–Crippen MR) is 454 cm³/mol. The molecule has 5 unspecified atom stereocenters. The predicted octanol–water partition coefficient (Wildman–Crippen LogP) is 26.2. The molecule has 0 bridgehead atoms. The average Bonchev–Trinajstić information content (AvgIpc) is 0.903. The largest absolute Gasteiger partial charge is 0.472 e. The Morgan fingerprint density at radius 3 is 0.771 bits per heavy atom. The highest BCUT2D eigenvalue weighted by molar-refractivity contribution is 7.47. The quantitative estimate of drug-likeness (QED) is 0.0146. The molecule has 5 atom stereocenters. The van der Waals surface area contributed by atoms with Gasteiger partial charge in [0.1, 0.15) is 25.4 Å². The van der Waals surface area contributed by atoms with Crippen molar-refractivity contribution < 1.29 is 75.8 Å². The summed E-state index contributed by atoms with van der Waals surface area (Å²) in [6.07, 6.45) is 102. The van der Waals surface area contributed by atoms with Crippen molar-refractivity contribution >= 4 is 33.6 Å². The number of phosphoric ester groups is 2. The van der Waals surface area contributed by atoms with Crippen LogP contribution < -0.4 is 0 Å². The zero-order valence-electron chi connectivity index (χ0n) is 68.9. The number of aliphatic hydroxyl groups excluding tert-OH is 2. The summed E-state index contributed by atoms with van der Waals surface area (Å²) in [5.41, 5.74) is 0. The smallest absolute Gasteiger partial charge is 0.463 e. The van der Waals surface area contributed by atoms with E-state index in [4.69, 9.17) is 32.3 Å². The third-order valence-corrected chi connectivity index (χ3v) is 20.3. The number of allylic oxidation sites excluding steroid dienone is 22. The van der Waals surface area contributed by atoms with Crippen molar-refractivity contribution in [3.63, 3.8) is 0 Å². The lowest BCUT2D eigenvalue weighted by Gasteiger charge is -2.21. The van der Waals surface area contributed by atoms with Crippen LogP contribution in [0.25, 0.3) is 0 Å². The zero-order valence-corrected chi connectivity index (χ0v) is 70.7. The number of phosphoric acid groups is 2. The number of aliphatic hydroxyl groups is 2. The number of rotatable bonds is 82. The van der Waals surface area contributed by atoms with Crippen LogP contribution in [-0.2, 0) is 55.8 Å². The zero-order chi connectivity index (χ0) is 79.4. The van der Waals surface area contributed by atoms with E-state index in [9.17, 15) is 43.5 Å². The normalized spacial score (nSPS) is 14.5. The maximum absolute atomic E-state index is 13.0. The molecule has 0 radical (unpaired) electrons. The number of carbonyl (C=O) groups is 3. The van der Waals surface area contributed by atoms with E-state index < -0.39 is 91.5 Å². The molecular formula is C91H158O16P2. The third kappa shape index (κ3) is 84.4. The Morgan fingerprint density at radius 2 is 0.486 bits per heavy atom. The molecule has 0 fully saturated rings. The summed E-state index contributed by atoms with van der Waals surface area (Å²) < 4.78 is 61.3. The average molecular weight is 1570 g/mol. The number of ether oxygens (including phenoxy) is 3. The Bertz CT molecular complexity index is 2510. The Morgan fingerprint density at radius 1 is 0.266 bits per heavy atom. The van der Waals surface area contributed by atoms with E-state index in [0.29, 0.717) is 19.3 Å². The van der Waals surface area contributed by atoms with Gasteiger partial charge in [-0.1, -0.05) is 366 Å². The van der Waals surface area contributed by atoms with Crippen LogP contribution in [0.5, 0.6) is 0 Å². The van der Waals surface area contributed by atoms with E-state index in [1.54, 1.807) is 0 Å². The van der Waals surface area contributed by atoms with E-state index in [0.717, 1.165) is 154 Å². The molecule has 0 saturated heterocycles. The molecule has 16 nitrogen and oxygen atoms in total. The number of carbonyl (C=O) groups excluding carboxylic acids is 3. The molecule has 0 aromatic rings. The van der Waals surface area contributed by atoms with Crippen molar-refractivity contribution in [2.75, 3.05) is 39.6 Å². The fraction of sp³-hybridized carbons (Fsp3) is 0.725.